The average molecular weight is 516 g/mol. The van der Waals surface area contributed by atoms with E-state index in [9.17, 15) is 0 Å². The molecule has 5 atom stereocenters. The molecule has 3 aliphatic rings. The molecule has 0 radical (unpaired) electrons. The van der Waals surface area contributed by atoms with E-state index in [2.05, 4.69) is 44.6 Å². The Bertz CT molecular complexity index is 969. The van der Waals surface area contributed by atoms with E-state index in [-0.39, 0.29) is 11.9 Å². The van der Waals surface area contributed by atoms with Crippen molar-refractivity contribution in [2.24, 2.45) is 17.8 Å². The Morgan fingerprint density at radius 2 is 2.14 bits per heavy atom. The summed E-state index contributed by atoms with van der Waals surface area (Å²) in [7, 11) is 0. The third-order valence-corrected chi connectivity index (χ3v) is 9.05. The highest BCUT2D eigenvalue weighted by atomic mass is 35.5. The zero-order chi connectivity index (χ0) is 25.7. The molecule has 2 fully saturated rings. The molecular formula is C30H43ClFN3O. The molecule has 198 valence electrons. The maximum atomic E-state index is 15.6. The van der Waals surface area contributed by atoms with Crippen LogP contribution in [0.5, 0.6) is 0 Å². The number of benzene rings is 1. The van der Waals surface area contributed by atoms with Gasteiger partial charge in [-0.2, -0.15) is 5.48 Å². The first-order chi connectivity index (χ1) is 17.4. The normalized spacial score (nSPS) is 29.8. The first-order valence-electron chi connectivity index (χ1n) is 13.9. The monoisotopic (exact) mass is 515 g/mol. The van der Waals surface area contributed by atoms with Gasteiger partial charge in [-0.15, -0.1) is 0 Å². The van der Waals surface area contributed by atoms with Crippen LogP contribution in [-0.4, -0.2) is 11.0 Å². The summed E-state index contributed by atoms with van der Waals surface area (Å²) < 4.78 is 15.6. The molecule has 0 saturated heterocycles. The van der Waals surface area contributed by atoms with E-state index in [1.807, 2.05) is 35.5 Å². The van der Waals surface area contributed by atoms with Crippen LogP contribution in [0.25, 0.3) is 0 Å². The summed E-state index contributed by atoms with van der Waals surface area (Å²) in [6.07, 6.45) is 19.0. The summed E-state index contributed by atoms with van der Waals surface area (Å²) in [5.41, 5.74) is 4.47. The number of allylic oxidation sites excluding steroid dienone is 3. The van der Waals surface area contributed by atoms with Crippen LogP contribution in [0.3, 0.4) is 0 Å². The van der Waals surface area contributed by atoms with Gasteiger partial charge in [0.1, 0.15) is 11.6 Å². The average Bonchev–Trinajstić information content (AvgIpc) is 3.52. The minimum atomic E-state index is -0.393. The minimum Gasteiger partial charge on any atom is -0.347 e. The van der Waals surface area contributed by atoms with E-state index >= 15 is 4.39 Å². The number of unbranched alkanes of at least 4 members (excludes halogenated alkanes) is 1. The third kappa shape index (κ3) is 5.69. The number of nitrogens with zero attached hydrogens (tertiary/aromatic N) is 1. The molecule has 1 heterocycles. The van der Waals surface area contributed by atoms with Crippen LogP contribution >= 0.6 is 11.6 Å². The van der Waals surface area contributed by atoms with Crippen LogP contribution in [0.1, 0.15) is 90.2 Å². The van der Waals surface area contributed by atoms with Gasteiger partial charge in [-0.1, -0.05) is 70.7 Å². The fourth-order valence-corrected chi connectivity index (χ4v) is 6.13. The molecule has 0 aromatic heterocycles. The Balaban J connectivity index is 1.49. The lowest BCUT2D eigenvalue weighted by atomic mass is 9.64. The lowest BCUT2D eigenvalue weighted by molar-refractivity contribution is -0.135. The molecule has 2 aliphatic carbocycles. The standard InChI is InChI=1S/C30H43ClFN3O/c1-5-7-8-9-13-29-33-16-17-35(29)20-25-26(31)18-23(19-27(25)32)30(15-14-22(30)4)34-36-28-12-10-11-24(28)21(3)6-2/h8-9,13,16-19,21-22,24,28,33-34H,5-7,10-12,14-15,20H2,1-4H3/b9-8-,29-13+. The van der Waals surface area contributed by atoms with Crippen molar-refractivity contribution >= 4 is 11.6 Å². The number of nitrogens with one attached hydrogen (secondary N) is 2. The molecule has 2 saturated carbocycles. The number of hydroxylamine groups is 1. The van der Waals surface area contributed by atoms with E-state index in [0.717, 1.165) is 43.5 Å². The van der Waals surface area contributed by atoms with Gasteiger partial charge in [0.25, 0.3) is 0 Å². The van der Waals surface area contributed by atoms with Crippen molar-refractivity contribution in [2.45, 2.75) is 97.2 Å². The second-order valence-electron chi connectivity index (χ2n) is 10.9. The van der Waals surface area contributed by atoms with Crippen molar-refractivity contribution in [1.29, 1.82) is 0 Å². The van der Waals surface area contributed by atoms with E-state index < -0.39 is 5.54 Å². The first-order valence-corrected chi connectivity index (χ1v) is 14.2. The van der Waals surface area contributed by atoms with Crippen LogP contribution in [0.2, 0.25) is 5.02 Å². The summed E-state index contributed by atoms with van der Waals surface area (Å²) in [6.45, 7) is 9.32. The van der Waals surface area contributed by atoms with Crippen LogP contribution in [0, 0.1) is 23.6 Å². The fourth-order valence-electron chi connectivity index (χ4n) is 5.86. The van der Waals surface area contributed by atoms with Gasteiger partial charge in [0.2, 0.25) is 0 Å². The molecule has 6 heteroatoms. The van der Waals surface area contributed by atoms with Gasteiger partial charge >= 0.3 is 0 Å². The predicted octanol–water partition coefficient (Wildman–Crippen LogP) is 7.91. The number of halogens is 2. The van der Waals surface area contributed by atoms with Crippen molar-refractivity contribution in [2.75, 3.05) is 0 Å². The molecule has 0 amide bonds. The van der Waals surface area contributed by atoms with Crippen LogP contribution in [0.15, 0.2) is 48.6 Å². The van der Waals surface area contributed by atoms with E-state index in [0.29, 0.717) is 34.9 Å². The van der Waals surface area contributed by atoms with Gasteiger partial charge in [0.05, 0.1) is 18.2 Å². The Morgan fingerprint density at radius 3 is 2.81 bits per heavy atom. The van der Waals surface area contributed by atoms with Crippen molar-refractivity contribution in [3.8, 4) is 0 Å². The molecule has 0 spiro atoms. The van der Waals surface area contributed by atoms with Crippen molar-refractivity contribution < 1.29 is 9.23 Å². The maximum Gasteiger partial charge on any atom is 0.130 e. The van der Waals surface area contributed by atoms with Crippen molar-refractivity contribution in [3.05, 3.63) is 70.5 Å². The number of hydrogen-bond acceptors (Lipinski definition) is 4. The zero-order valence-corrected chi connectivity index (χ0v) is 23.1. The predicted molar refractivity (Wildman–Crippen MR) is 146 cm³/mol. The van der Waals surface area contributed by atoms with E-state index in [1.54, 1.807) is 6.07 Å². The van der Waals surface area contributed by atoms with Gasteiger partial charge in [-0.25, -0.2) is 4.39 Å². The smallest absolute Gasteiger partial charge is 0.130 e. The van der Waals surface area contributed by atoms with E-state index in [1.165, 1.54) is 19.3 Å². The largest absolute Gasteiger partial charge is 0.347 e. The Morgan fingerprint density at radius 1 is 1.31 bits per heavy atom. The van der Waals surface area contributed by atoms with Gasteiger partial charge in [-0.05, 0) is 73.6 Å². The Hall–Kier alpha value is -1.82. The molecule has 36 heavy (non-hydrogen) atoms. The summed E-state index contributed by atoms with van der Waals surface area (Å²) in [5, 5.41) is 3.69. The molecule has 1 aromatic carbocycles. The van der Waals surface area contributed by atoms with Gasteiger partial charge < -0.3 is 10.2 Å². The summed E-state index contributed by atoms with van der Waals surface area (Å²) in [6, 6.07) is 3.62. The summed E-state index contributed by atoms with van der Waals surface area (Å²) in [5.74, 6) is 2.22. The summed E-state index contributed by atoms with van der Waals surface area (Å²) >= 11 is 6.74. The first kappa shape index (κ1) is 27.2. The third-order valence-electron chi connectivity index (χ3n) is 8.71. The molecule has 0 bridgehead atoms. The topological polar surface area (TPSA) is 36.5 Å². The number of rotatable bonds is 11. The fraction of sp³-hybridized carbons (Fsp3) is 0.600. The highest BCUT2D eigenvalue weighted by Crippen LogP contribution is 2.48. The molecule has 4 rings (SSSR count). The van der Waals surface area contributed by atoms with E-state index in [4.69, 9.17) is 16.4 Å². The second kappa shape index (κ2) is 12.1. The molecule has 1 aromatic rings. The molecule has 5 unspecified atom stereocenters. The quantitative estimate of drug-likeness (QED) is 0.293. The van der Waals surface area contributed by atoms with Crippen molar-refractivity contribution in [3.63, 3.8) is 0 Å². The van der Waals surface area contributed by atoms with Gasteiger partial charge in [0, 0.05) is 23.0 Å². The maximum absolute atomic E-state index is 15.6. The van der Waals surface area contributed by atoms with Crippen molar-refractivity contribution in [1.82, 2.24) is 15.7 Å². The minimum absolute atomic E-state index is 0.218. The molecule has 2 N–H and O–H groups in total. The lowest BCUT2D eigenvalue weighted by Gasteiger charge is -2.49. The number of hydrogen-bond donors (Lipinski definition) is 2. The van der Waals surface area contributed by atoms with Crippen LogP contribution < -0.4 is 10.8 Å². The summed E-state index contributed by atoms with van der Waals surface area (Å²) in [4.78, 5) is 8.39. The molecule has 4 nitrogen and oxygen atoms in total. The SMILES string of the molecule is CCC/C=C\C=C1/NC=CN1Cc1c(F)cc(C2(NOC3CCCC3C(C)CC)CCC2C)cc1Cl. The highest BCUT2D eigenvalue weighted by molar-refractivity contribution is 6.31. The van der Waals surface area contributed by atoms with Gasteiger partial charge in [-0.3, -0.25) is 4.84 Å². The lowest BCUT2D eigenvalue weighted by Crippen LogP contribution is -2.55. The zero-order valence-electron chi connectivity index (χ0n) is 22.3. The molecule has 1 aliphatic heterocycles. The van der Waals surface area contributed by atoms with Crippen LogP contribution in [0.4, 0.5) is 4.39 Å². The van der Waals surface area contributed by atoms with Crippen LogP contribution in [-0.2, 0) is 16.9 Å². The van der Waals surface area contributed by atoms with Gasteiger partial charge in [0.15, 0.2) is 0 Å². The Kier molecular flexibility index (Phi) is 9.19. The molecular weight excluding hydrogens is 473 g/mol. The highest BCUT2D eigenvalue weighted by Gasteiger charge is 2.47. The Labute approximate surface area is 221 Å². The second-order valence-corrected chi connectivity index (χ2v) is 11.3.